The predicted octanol–water partition coefficient (Wildman–Crippen LogP) is 4.99. The number of aromatic amines is 1. The quantitative estimate of drug-likeness (QED) is 0.582. The fourth-order valence-electron chi connectivity index (χ4n) is 2.14. The molecule has 0 unspecified atom stereocenters. The number of nitrogens with one attached hydrogen (secondary N) is 1. The molecule has 0 amide bonds. The molecular formula is C12H5Cl2F3N2. The maximum Gasteiger partial charge on any atom is 0.417 e. The van der Waals surface area contributed by atoms with Crippen molar-refractivity contribution in [3.63, 3.8) is 0 Å². The highest BCUT2D eigenvalue weighted by Gasteiger charge is 2.39. The summed E-state index contributed by atoms with van der Waals surface area (Å²) in [5.41, 5.74) is -0.300. The second kappa shape index (κ2) is 4.02. The molecule has 19 heavy (non-hydrogen) atoms. The van der Waals surface area contributed by atoms with E-state index in [0.717, 1.165) is 0 Å². The van der Waals surface area contributed by atoms with E-state index in [1.54, 1.807) is 0 Å². The molecule has 2 nitrogen and oxygen atoms in total. The summed E-state index contributed by atoms with van der Waals surface area (Å²) in [5, 5.41) is 0.363. The van der Waals surface area contributed by atoms with Gasteiger partial charge in [0.15, 0.2) is 0 Å². The van der Waals surface area contributed by atoms with E-state index < -0.39 is 11.7 Å². The fourth-order valence-corrected chi connectivity index (χ4v) is 2.45. The molecule has 1 aromatic rings. The molecule has 0 aromatic carbocycles. The van der Waals surface area contributed by atoms with Crippen LogP contribution in [0.25, 0.3) is 22.2 Å². The fraction of sp³-hybridized carbons (Fsp3) is 0.0833. The van der Waals surface area contributed by atoms with Gasteiger partial charge >= 0.3 is 6.18 Å². The first-order valence-corrected chi connectivity index (χ1v) is 5.97. The van der Waals surface area contributed by atoms with Gasteiger partial charge in [-0.2, -0.15) is 13.2 Å². The third kappa shape index (κ3) is 1.93. The van der Waals surface area contributed by atoms with E-state index in [1.165, 1.54) is 24.3 Å². The Balaban J connectivity index is 2.53. The Morgan fingerprint density at radius 1 is 1.05 bits per heavy atom. The van der Waals surface area contributed by atoms with E-state index >= 15 is 0 Å². The first kappa shape index (κ1) is 12.6. The lowest BCUT2D eigenvalue weighted by atomic mass is 10.1. The molecule has 0 saturated heterocycles. The number of pyridine rings is 2. The lowest BCUT2D eigenvalue weighted by Crippen LogP contribution is -2.05. The van der Waals surface area contributed by atoms with Crippen LogP contribution < -0.4 is 0 Å². The van der Waals surface area contributed by atoms with Gasteiger partial charge in [-0.1, -0.05) is 23.2 Å². The minimum Gasteiger partial charge on any atom is -0.344 e. The molecule has 1 aromatic heterocycles. The van der Waals surface area contributed by atoms with Gasteiger partial charge in [-0.05, 0) is 24.3 Å². The molecular weight excluding hydrogens is 300 g/mol. The van der Waals surface area contributed by atoms with Gasteiger partial charge in [-0.3, -0.25) is 0 Å². The van der Waals surface area contributed by atoms with E-state index in [0.29, 0.717) is 0 Å². The van der Waals surface area contributed by atoms with Gasteiger partial charge in [0.2, 0.25) is 0 Å². The maximum atomic E-state index is 13.2. The average molecular weight is 305 g/mol. The summed E-state index contributed by atoms with van der Waals surface area (Å²) >= 11 is 11.5. The summed E-state index contributed by atoms with van der Waals surface area (Å²) in [6, 6.07) is 5.35. The minimum absolute atomic E-state index is 0.00502. The molecule has 1 aliphatic heterocycles. The Labute approximate surface area is 115 Å². The predicted molar refractivity (Wildman–Crippen MR) is 67.7 cm³/mol. The van der Waals surface area contributed by atoms with E-state index in [-0.39, 0.29) is 32.5 Å². The lowest BCUT2D eigenvalue weighted by Gasteiger charge is -2.08. The van der Waals surface area contributed by atoms with Crippen molar-refractivity contribution in [2.45, 2.75) is 6.18 Å². The van der Waals surface area contributed by atoms with E-state index in [9.17, 15) is 13.2 Å². The smallest absolute Gasteiger partial charge is 0.344 e. The van der Waals surface area contributed by atoms with Gasteiger partial charge in [-0.25, -0.2) is 4.98 Å². The number of fused-ring (bicyclic) bond motifs is 3. The number of H-pyrrole nitrogens is 1. The van der Waals surface area contributed by atoms with Crippen LogP contribution in [0.15, 0.2) is 24.3 Å². The Morgan fingerprint density at radius 3 is 2.47 bits per heavy atom. The minimum atomic E-state index is -4.48. The molecule has 1 aliphatic carbocycles. The summed E-state index contributed by atoms with van der Waals surface area (Å²) < 4.78 is 39.5. The Morgan fingerprint density at radius 2 is 1.79 bits per heavy atom. The molecule has 0 atom stereocenters. The SMILES string of the molecule is FC(F)(F)c1c2ccc(Cl)[nH]c-2c2nc(Cl)ccc12. The van der Waals surface area contributed by atoms with Gasteiger partial charge in [0.1, 0.15) is 10.3 Å². The van der Waals surface area contributed by atoms with Gasteiger partial charge < -0.3 is 4.98 Å². The largest absolute Gasteiger partial charge is 0.417 e. The average Bonchev–Trinajstić information content (AvgIpc) is 2.62. The van der Waals surface area contributed by atoms with Crippen LogP contribution in [-0.4, -0.2) is 9.97 Å². The van der Waals surface area contributed by atoms with Gasteiger partial charge in [-0.15, -0.1) is 0 Å². The molecule has 0 radical (unpaired) electrons. The maximum absolute atomic E-state index is 13.2. The number of halogens is 5. The van der Waals surface area contributed by atoms with Crippen molar-refractivity contribution >= 4 is 34.1 Å². The molecule has 98 valence electrons. The summed E-state index contributed by atoms with van der Waals surface area (Å²) in [6.45, 7) is 0. The van der Waals surface area contributed by atoms with Crippen molar-refractivity contribution in [3.05, 3.63) is 40.1 Å². The number of alkyl halides is 3. The molecule has 2 heterocycles. The summed E-state index contributed by atoms with van der Waals surface area (Å²) in [7, 11) is 0. The summed E-state index contributed by atoms with van der Waals surface area (Å²) in [5.74, 6) is 0. The van der Waals surface area contributed by atoms with Gasteiger partial charge in [0, 0.05) is 10.9 Å². The molecule has 0 fully saturated rings. The summed E-state index contributed by atoms with van der Waals surface area (Å²) in [6.07, 6.45) is -4.48. The third-order valence-corrected chi connectivity index (χ3v) is 3.26. The highest BCUT2D eigenvalue weighted by atomic mass is 35.5. The molecule has 0 spiro atoms. The van der Waals surface area contributed by atoms with Crippen molar-refractivity contribution in [3.8, 4) is 11.3 Å². The number of nitrogens with zero attached hydrogens (tertiary/aromatic N) is 1. The Bertz CT molecular complexity index is 749. The number of rotatable bonds is 0. The van der Waals surface area contributed by atoms with Crippen LogP contribution in [0.5, 0.6) is 0 Å². The molecule has 3 rings (SSSR count). The van der Waals surface area contributed by atoms with Gasteiger partial charge in [0.05, 0.1) is 16.8 Å². The van der Waals surface area contributed by atoms with Crippen LogP contribution in [0.2, 0.25) is 10.3 Å². The number of aromatic nitrogens is 2. The second-order valence-electron chi connectivity index (χ2n) is 4.00. The standard InChI is InChI=1S/C12H5Cl2F3N2/c13-7-3-1-5-9(12(15,16)17)6-2-4-8(14)19-11(6)10(5)18-7/h1-4,18H. The van der Waals surface area contributed by atoms with Crippen LogP contribution in [0.4, 0.5) is 13.2 Å². The zero-order chi connectivity index (χ0) is 13.8. The Hall–Kier alpha value is -1.46. The summed E-state index contributed by atoms with van der Waals surface area (Å²) in [4.78, 5) is 6.65. The van der Waals surface area contributed by atoms with Crippen LogP contribution in [-0.2, 0) is 6.18 Å². The van der Waals surface area contributed by atoms with Crippen molar-refractivity contribution in [1.82, 2.24) is 9.97 Å². The van der Waals surface area contributed by atoms with Crippen LogP contribution in [0.3, 0.4) is 0 Å². The zero-order valence-corrected chi connectivity index (χ0v) is 10.7. The molecule has 1 N–H and O–H groups in total. The first-order chi connectivity index (χ1) is 8.88. The number of hydrogen-bond acceptors (Lipinski definition) is 1. The molecule has 7 heteroatoms. The van der Waals surface area contributed by atoms with Crippen molar-refractivity contribution in [2.75, 3.05) is 0 Å². The van der Waals surface area contributed by atoms with E-state index in [1.807, 2.05) is 0 Å². The molecule has 0 saturated carbocycles. The van der Waals surface area contributed by atoms with E-state index in [2.05, 4.69) is 9.97 Å². The van der Waals surface area contributed by atoms with Gasteiger partial charge in [0.25, 0.3) is 0 Å². The van der Waals surface area contributed by atoms with E-state index in [4.69, 9.17) is 23.2 Å². The molecule has 0 bridgehead atoms. The van der Waals surface area contributed by atoms with Crippen molar-refractivity contribution in [2.24, 2.45) is 0 Å². The highest BCUT2D eigenvalue weighted by molar-refractivity contribution is 6.30. The first-order valence-electron chi connectivity index (χ1n) is 5.21. The topological polar surface area (TPSA) is 28.7 Å². The Kier molecular flexibility index (Phi) is 2.66. The monoisotopic (exact) mass is 304 g/mol. The highest BCUT2D eigenvalue weighted by Crippen LogP contribution is 2.46. The lowest BCUT2D eigenvalue weighted by molar-refractivity contribution is -0.135. The second-order valence-corrected chi connectivity index (χ2v) is 4.79. The normalized spacial score (nSPS) is 12.5. The van der Waals surface area contributed by atoms with Crippen molar-refractivity contribution < 1.29 is 13.2 Å². The van der Waals surface area contributed by atoms with Crippen LogP contribution in [0.1, 0.15) is 5.56 Å². The number of hydrogen-bond donors (Lipinski definition) is 1. The van der Waals surface area contributed by atoms with Crippen LogP contribution >= 0.6 is 23.2 Å². The van der Waals surface area contributed by atoms with Crippen molar-refractivity contribution in [1.29, 1.82) is 0 Å². The van der Waals surface area contributed by atoms with Crippen LogP contribution in [0, 0.1) is 0 Å². The molecule has 2 aliphatic rings. The third-order valence-electron chi connectivity index (χ3n) is 2.83. The zero-order valence-electron chi connectivity index (χ0n) is 9.15.